The highest BCUT2D eigenvalue weighted by atomic mass is 16.2. The number of imidazole rings is 1. The maximum Gasteiger partial charge on any atom is 0.237 e. The number of carbonyl (C=O) groups is 1. The molecule has 0 aliphatic carbocycles. The molecule has 1 aliphatic heterocycles. The van der Waals surface area contributed by atoms with Gasteiger partial charge in [0, 0.05) is 45.6 Å². The number of amides is 1. The second-order valence-corrected chi connectivity index (χ2v) is 6.36. The van der Waals surface area contributed by atoms with Crippen LogP contribution in [0.2, 0.25) is 0 Å². The van der Waals surface area contributed by atoms with E-state index in [9.17, 15) is 4.79 Å². The number of likely N-dealkylation sites (N-methyl/N-ethyl adjacent to an activating group) is 1. The van der Waals surface area contributed by atoms with Gasteiger partial charge in [-0.2, -0.15) is 0 Å². The average molecular weight is 327 g/mol. The van der Waals surface area contributed by atoms with Gasteiger partial charge in [-0.25, -0.2) is 4.98 Å². The van der Waals surface area contributed by atoms with E-state index in [0.717, 1.165) is 32.0 Å². The number of piperazine rings is 1. The van der Waals surface area contributed by atoms with Crippen LogP contribution in [0.3, 0.4) is 0 Å². The van der Waals surface area contributed by atoms with Crippen molar-refractivity contribution in [3.63, 3.8) is 0 Å². The van der Waals surface area contributed by atoms with E-state index in [-0.39, 0.29) is 11.9 Å². The van der Waals surface area contributed by atoms with Crippen LogP contribution >= 0.6 is 0 Å². The number of aromatic nitrogens is 2. The number of nitrogens with one attached hydrogen (secondary N) is 1. The molecule has 6 nitrogen and oxygen atoms in total. The van der Waals surface area contributed by atoms with Crippen LogP contribution < -0.4 is 5.32 Å². The quantitative estimate of drug-likeness (QED) is 0.891. The van der Waals surface area contributed by atoms with E-state index in [1.807, 2.05) is 48.0 Å². The maximum absolute atomic E-state index is 12.8. The summed E-state index contributed by atoms with van der Waals surface area (Å²) in [5.41, 5.74) is 1.22. The second-order valence-electron chi connectivity index (χ2n) is 6.36. The van der Waals surface area contributed by atoms with Gasteiger partial charge in [-0.05, 0) is 12.6 Å². The Hall–Kier alpha value is -2.18. The summed E-state index contributed by atoms with van der Waals surface area (Å²) in [5.74, 6) is 1.09. The molecule has 1 fully saturated rings. The van der Waals surface area contributed by atoms with Crippen LogP contribution in [0, 0.1) is 0 Å². The third-order valence-electron chi connectivity index (χ3n) is 4.42. The van der Waals surface area contributed by atoms with Gasteiger partial charge in [0.25, 0.3) is 0 Å². The van der Waals surface area contributed by atoms with Crippen molar-refractivity contribution in [3.05, 3.63) is 54.1 Å². The standard InChI is InChI=1S/C18H25N5O/c1-21(13-15-6-4-3-5-7-15)14-17(24)23-11-8-19-12-16(23)18-20-9-10-22(18)2/h3-7,9-10,16,19H,8,11-14H2,1-2H3. The second kappa shape index (κ2) is 7.59. The summed E-state index contributed by atoms with van der Waals surface area (Å²) < 4.78 is 1.99. The van der Waals surface area contributed by atoms with Crippen LogP contribution in [0.4, 0.5) is 0 Å². The van der Waals surface area contributed by atoms with E-state index in [0.29, 0.717) is 6.54 Å². The third-order valence-corrected chi connectivity index (χ3v) is 4.42. The normalized spacial score (nSPS) is 18.1. The molecule has 1 amide bonds. The zero-order valence-corrected chi connectivity index (χ0v) is 14.4. The molecule has 3 rings (SSSR count). The average Bonchev–Trinajstić information content (AvgIpc) is 3.01. The first-order valence-corrected chi connectivity index (χ1v) is 8.35. The lowest BCUT2D eigenvalue weighted by Crippen LogP contribution is -2.51. The molecule has 1 saturated heterocycles. The summed E-state index contributed by atoms with van der Waals surface area (Å²) in [7, 11) is 3.96. The number of hydrogen-bond donors (Lipinski definition) is 1. The molecule has 128 valence electrons. The SMILES string of the molecule is CN(CC(=O)N1CCNCC1c1nccn1C)Cc1ccccc1. The van der Waals surface area contributed by atoms with Crippen molar-refractivity contribution < 1.29 is 4.79 Å². The number of carbonyl (C=O) groups excluding carboxylic acids is 1. The maximum atomic E-state index is 12.8. The first kappa shape index (κ1) is 16.7. The Morgan fingerprint density at radius 3 is 2.88 bits per heavy atom. The lowest BCUT2D eigenvalue weighted by atomic mass is 10.1. The van der Waals surface area contributed by atoms with Gasteiger partial charge in [-0.15, -0.1) is 0 Å². The molecule has 6 heteroatoms. The van der Waals surface area contributed by atoms with E-state index in [1.54, 1.807) is 6.20 Å². The molecule has 1 unspecified atom stereocenters. The Balaban J connectivity index is 1.65. The van der Waals surface area contributed by atoms with E-state index < -0.39 is 0 Å². The molecule has 1 aromatic heterocycles. The van der Waals surface area contributed by atoms with Crippen molar-refractivity contribution >= 4 is 5.91 Å². The topological polar surface area (TPSA) is 53.4 Å². The van der Waals surface area contributed by atoms with E-state index in [4.69, 9.17) is 0 Å². The molecule has 24 heavy (non-hydrogen) atoms. The Kier molecular flexibility index (Phi) is 5.27. The third kappa shape index (κ3) is 3.83. The van der Waals surface area contributed by atoms with Gasteiger partial charge in [0.05, 0.1) is 6.54 Å². The van der Waals surface area contributed by atoms with Gasteiger partial charge in [-0.1, -0.05) is 30.3 Å². The van der Waals surface area contributed by atoms with Crippen molar-refractivity contribution in [2.45, 2.75) is 12.6 Å². The molecule has 0 saturated carbocycles. The highest BCUT2D eigenvalue weighted by Gasteiger charge is 2.30. The summed E-state index contributed by atoms with van der Waals surface area (Å²) >= 11 is 0. The minimum atomic E-state index is -0.00336. The first-order valence-electron chi connectivity index (χ1n) is 8.35. The van der Waals surface area contributed by atoms with E-state index in [2.05, 4.69) is 27.3 Å². The highest BCUT2D eigenvalue weighted by Crippen LogP contribution is 2.20. The Bertz CT molecular complexity index is 669. The van der Waals surface area contributed by atoms with E-state index in [1.165, 1.54) is 5.56 Å². The smallest absolute Gasteiger partial charge is 0.237 e. The van der Waals surface area contributed by atoms with Crippen molar-refractivity contribution in [2.75, 3.05) is 33.2 Å². The molecule has 0 radical (unpaired) electrons. The van der Waals surface area contributed by atoms with Gasteiger partial charge < -0.3 is 14.8 Å². The molecule has 2 heterocycles. The largest absolute Gasteiger partial charge is 0.336 e. The predicted molar refractivity (Wildman–Crippen MR) is 93.3 cm³/mol. The molecule has 1 atom stereocenters. The van der Waals surface area contributed by atoms with Crippen LogP contribution in [0.25, 0.3) is 0 Å². The fourth-order valence-electron chi connectivity index (χ4n) is 3.20. The highest BCUT2D eigenvalue weighted by molar-refractivity contribution is 5.78. The summed E-state index contributed by atoms with van der Waals surface area (Å²) in [5, 5.41) is 3.37. The van der Waals surface area contributed by atoms with Crippen molar-refractivity contribution in [1.29, 1.82) is 0 Å². The van der Waals surface area contributed by atoms with Gasteiger partial charge in [0.2, 0.25) is 5.91 Å². The molecule has 1 N–H and O–H groups in total. The van der Waals surface area contributed by atoms with Gasteiger partial charge >= 0.3 is 0 Å². The fraction of sp³-hybridized carbons (Fsp3) is 0.444. The fourth-order valence-corrected chi connectivity index (χ4v) is 3.20. The first-order chi connectivity index (χ1) is 11.6. The lowest BCUT2D eigenvalue weighted by molar-refractivity contribution is -0.135. The minimum absolute atomic E-state index is 0.00336. The van der Waals surface area contributed by atoms with Gasteiger partial charge in [-0.3, -0.25) is 9.69 Å². The summed E-state index contributed by atoms with van der Waals surface area (Å²) in [6.45, 7) is 3.48. The zero-order chi connectivity index (χ0) is 16.9. The molecule has 1 aliphatic rings. The number of hydrogen-bond acceptors (Lipinski definition) is 4. The monoisotopic (exact) mass is 327 g/mol. The van der Waals surface area contributed by atoms with Crippen LogP contribution in [0.5, 0.6) is 0 Å². The van der Waals surface area contributed by atoms with Crippen molar-refractivity contribution in [3.8, 4) is 0 Å². The molecule has 0 bridgehead atoms. The number of aryl methyl sites for hydroxylation is 1. The number of rotatable bonds is 5. The van der Waals surface area contributed by atoms with Gasteiger partial charge in [0.1, 0.15) is 11.9 Å². The predicted octanol–water partition coefficient (Wildman–Crippen LogP) is 1.03. The van der Waals surface area contributed by atoms with Crippen molar-refractivity contribution in [1.82, 2.24) is 24.7 Å². The van der Waals surface area contributed by atoms with Crippen LogP contribution in [-0.4, -0.2) is 58.5 Å². The zero-order valence-electron chi connectivity index (χ0n) is 14.4. The molecule has 0 spiro atoms. The van der Waals surface area contributed by atoms with Gasteiger partial charge in [0.15, 0.2) is 0 Å². The minimum Gasteiger partial charge on any atom is -0.336 e. The Morgan fingerprint density at radius 1 is 1.38 bits per heavy atom. The van der Waals surface area contributed by atoms with Crippen LogP contribution in [-0.2, 0) is 18.4 Å². The summed E-state index contributed by atoms with van der Waals surface area (Å²) in [4.78, 5) is 21.3. The number of benzene rings is 1. The number of nitrogens with zero attached hydrogens (tertiary/aromatic N) is 4. The summed E-state index contributed by atoms with van der Waals surface area (Å²) in [6.07, 6.45) is 3.71. The Labute approximate surface area is 143 Å². The van der Waals surface area contributed by atoms with E-state index >= 15 is 0 Å². The summed E-state index contributed by atoms with van der Waals surface area (Å²) in [6, 6.07) is 10.2. The molecule has 1 aromatic carbocycles. The van der Waals surface area contributed by atoms with Crippen molar-refractivity contribution in [2.24, 2.45) is 7.05 Å². The molecule has 2 aromatic rings. The molecular weight excluding hydrogens is 302 g/mol. The molecular formula is C18H25N5O. The Morgan fingerprint density at radius 2 is 2.17 bits per heavy atom. The van der Waals surface area contributed by atoms with Crippen LogP contribution in [0.15, 0.2) is 42.7 Å². The lowest BCUT2D eigenvalue weighted by Gasteiger charge is -2.36. The van der Waals surface area contributed by atoms with Crippen LogP contribution in [0.1, 0.15) is 17.4 Å².